The quantitative estimate of drug-likeness (QED) is 0.768. The summed E-state index contributed by atoms with van der Waals surface area (Å²) in [7, 11) is 0. The lowest BCUT2D eigenvalue weighted by molar-refractivity contribution is -0.131. The Morgan fingerprint density at radius 3 is 2.63 bits per heavy atom. The van der Waals surface area contributed by atoms with Gasteiger partial charge in [-0.15, -0.1) is 0 Å². The van der Waals surface area contributed by atoms with Gasteiger partial charge in [0, 0.05) is 24.8 Å². The van der Waals surface area contributed by atoms with Crippen LogP contribution in [0.2, 0.25) is 0 Å². The Balaban J connectivity index is 2.64. The van der Waals surface area contributed by atoms with Gasteiger partial charge in [0.1, 0.15) is 0 Å². The van der Waals surface area contributed by atoms with E-state index in [9.17, 15) is 4.79 Å². The predicted octanol–water partition coefficient (Wildman–Crippen LogP) is 2.00. The Bertz CT molecular complexity index is 313. The van der Waals surface area contributed by atoms with Crippen molar-refractivity contribution in [3.63, 3.8) is 0 Å². The normalized spacial score (nSPS) is 15.8. The van der Waals surface area contributed by atoms with E-state index in [1.54, 1.807) is 0 Å². The number of nitrogens with zero attached hydrogens (tertiary/aromatic N) is 2. The fraction of sp³-hybridized carbons (Fsp3) is 0.800. The van der Waals surface area contributed by atoms with Gasteiger partial charge in [0.05, 0.1) is 13.2 Å². The lowest BCUT2D eigenvalue weighted by Crippen LogP contribution is -2.43. The molecule has 4 heteroatoms. The maximum absolute atomic E-state index is 12.4. The van der Waals surface area contributed by atoms with Gasteiger partial charge in [0.15, 0.2) is 0 Å². The van der Waals surface area contributed by atoms with Crippen molar-refractivity contribution in [2.24, 2.45) is 0 Å². The van der Waals surface area contributed by atoms with Crippen molar-refractivity contribution in [1.29, 1.82) is 0 Å². The first-order valence-electron chi connectivity index (χ1n) is 7.44. The van der Waals surface area contributed by atoms with Crippen LogP contribution in [-0.2, 0) is 4.79 Å². The van der Waals surface area contributed by atoms with Crippen LogP contribution < -0.4 is 0 Å². The molecule has 0 heterocycles. The Morgan fingerprint density at radius 2 is 2.16 bits per heavy atom. The maximum Gasteiger partial charge on any atom is 0.240 e. The van der Waals surface area contributed by atoms with Crippen molar-refractivity contribution in [3.05, 3.63) is 11.8 Å². The van der Waals surface area contributed by atoms with Gasteiger partial charge in [0.25, 0.3) is 0 Å². The van der Waals surface area contributed by atoms with E-state index in [1.165, 1.54) is 18.5 Å². The molecule has 19 heavy (non-hydrogen) atoms. The third-order valence-electron chi connectivity index (χ3n) is 3.69. The zero-order valence-electron chi connectivity index (χ0n) is 12.6. The van der Waals surface area contributed by atoms with E-state index in [-0.39, 0.29) is 18.6 Å². The first-order valence-corrected chi connectivity index (χ1v) is 7.44. The molecule has 1 amide bonds. The summed E-state index contributed by atoms with van der Waals surface area (Å²) in [6, 6.07) is 0.273. The van der Waals surface area contributed by atoms with E-state index < -0.39 is 0 Å². The Kier molecular flexibility index (Phi) is 7.10. The number of aliphatic hydroxyl groups is 1. The summed E-state index contributed by atoms with van der Waals surface area (Å²) in [4.78, 5) is 16.4. The van der Waals surface area contributed by atoms with Gasteiger partial charge < -0.3 is 10.0 Å². The molecule has 1 rings (SSSR count). The SMILES string of the molecule is CCN(C(=O)CN(CCO)C(C)C)C1=CCCCC1. The standard InChI is InChI=1S/C15H28N2O2/c1-4-17(14-8-6-5-7-9-14)15(19)12-16(10-11-18)13(2)3/h8,13,18H,4-7,9-12H2,1-3H3. The highest BCUT2D eigenvalue weighted by Crippen LogP contribution is 2.21. The van der Waals surface area contributed by atoms with E-state index in [0.717, 1.165) is 19.4 Å². The molecule has 0 unspecified atom stereocenters. The van der Waals surface area contributed by atoms with Gasteiger partial charge >= 0.3 is 0 Å². The topological polar surface area (TPSA) is 43.8 Å². The van der Waals surface area contributed by atoms with Gasteiger partial charge in [-0.05, 0) is 46.5 Å². The highest BCUT2D eigenvalue weighted by molar-refractivity contribution is 5.80. The van der Waals surface area contributed by atoms with Crippen LogP contribution in [0, 0.1) is 0 Å². The molecule has 0 aromatic carbocycles. The van der Waals surface area contributed by atoms with Crippen LogP contribution in [0.5, 0.6) is 0 Å². The Hall–Kier alpha value is -0.870. The van der Waals surface area contributed by atoms with Crippen molar-refractivity contribution in [2.75, 3.05) is 26.2 Å². The van der Waals surface area contributed by atoms with Crippen LogP contribution in [-0.4, -0.2) is 53.1 Å². The molecule has 0 aromatic rings. The van der Waals surface area contributed by atoms with Crippen molar-refractivity contribution < 1.29 is 9.90 Å². The highest BCUT2D eigenvalue weighted by Gasteiger charge is 2.21. The second kappa shape index (κ2) is 8.33. The number of allylic oxidation sites excluding steroid dienone is 2. The number of hydrogen-bond acceptors (Lipinski definition) is 3. The molecule has 1 aliphatic carbocycles. The van der Waals surface area contributed by atoms with E-state index in [0.29, 0.717) is 13.1 Å². The van der Waals surface area contributed by atoms with Gasteiger partial charge in [-0.1, -0.05) is 6.08 Å². The summed E-state index contributed by atoms with van der Waals surface area (Å²) >= 11 is 0. The van der Waals surface area contributed by atoms with Crippen molar-refractivity contribution in [2.45, 2.75) is 52.5 Å². The van der Waals surface area contributed by atoms with Gasteiger partial charge in [0.2, 0.25) is 5.91 Å². The summed E-state index contributed by atoms with van der Waals surface area (Å²) in [5.41, 5.74) is 1.19. The van der Waals surface area contributed by atoms with E-state index in [1.807, 2.05) is 16.7 Å². The number of amides is 1. The molecule has 0 radical (unpaired) electrons. The Labute approximate surface area is 117 Å². The van der Waals surface area contributed by atoms with E-state index >= 15 is 0 Å². The number of hydrogen-bond donors (Lipinski definition) is 1. The van der Waals surface area contributed by atoms with Crippen molar-refractivity contribution in [3.8, 4) is 0 Å². The fourth-order valence-corrected chi connectivity index (χ4v) is 2.51. The summed E-state index contributed by atoms with van der Waals surface area (Å²) in [6.07, 6.45) is 6.72. The van der Waals surface area contributed by atoms with Crippen molar-refractivity contribution >= 4 is 5.91 Å². The zero-order chi connectivity index (χ0) is 14.3. The first kappa shape index (κ1) is 16.2. The third-order valence-corrected chi connectivity index (χ3v) is 3.69. The second-order valence-electron chi connectivity index (χ2n) is 5.37. The molecule has 0 fully saturated rings. The molecule has 0 aromatic heterocycles. The minimum absolute atomic E-state index is 0.0975. The molecule has 0 saturated heterocycles. The van der Waals surface area contributed by atoms with Crippen LogP contribution in [0.1, 0.15) is 46.5 Å². The molecule has 4 nitrogen and oxygen atoms in total. The zero-order valence-corrected chi connectivity index (χ0v) is 12.6. The second-order valence-corrected chi connectivity index (χ2v) is 5.37. The summed E-state index contributed by atoms with van der Waals surface area (Å²) in [5, 5.41) is 9.07. The van der Waals surface area contributed by atoms with Gasteiger partial charge in [-0.2, -0.15) is 0 Å². The third kappa shape index (κ3) is 4.96. The number of aliphatic hydroxyl groups excluding tert-OH is 1. The predicted molar refractivity (Wildman–Crippen MR) is 77.7 cm³/mol. The fourth-order valence-electron chi connectivity index (χ4n) is 2.51. The van der Waals surface area contributed by atoms with Crippen LogP contribution >= 0.6 is 0 Å². The molecule has 0 atom stereocenters. The molecule has 0 aliphatic heterocycles. The molecule has 0 bridgehead atoms. The number of likely N-dealkylation sites (N-methyl/N-ethyl adjacent to an activating group) is 1. The summed E-state index contributed by atoms with van der Waals surface area (Å²) in [5.74, 6) is 0.151. The van der Waals surface area contributed by atoms with Crippen LogP contribution in [0.4, 0.5) is 0 Å². The highest BCUT2D eigenvalue weighted by atomic mass is 16.3. The van der Waals surface area contributed by atoms with Crippen LogP contribution in [0.25, 0.3) is 0 Å². The molecule has 110 valence electrons. The van der Waals surface area contributed by atoms with E-state index in [2.05, 4.69) is 19.9 Å². The van der Waals surface area contributed by atoms with Crippen LogP contribution in [0.15, 0.2) is 11.8 Å². The average molecular weight is 268 g/mol. The summed E-state index contributed by atoms with van der Waals surface area (Å²) < 4.78 is 0. The lowest BCUT2D eigenvalue weighted by atomic mass is 10.0. The Morgan fingerprint density at radius 1 is 1.42 bits per heavy atom. The van der Waals surface area contributed by atoms with Crippen molar-refractivity contribution in [1.82, 2.24) is 9.80 Å². The number of rotatable bonds is 7. The monoisotopic (exact) mass is 268 g/mol. The molecular weight excluding hydrogens is 240 g/mol. The lowest BCUT2D eigenvalue weighted by Gasteiger charge is -2.31. The molecule has 0 spiro atoms. The number of carbonyl (C=O) groups excluding carboxylic acids is 1. The minimum atomic E-state index is 0.0975. The van der Waals surface area contributed by atoms with Gasteiger partial charge in [-0.25, -0.2) is 0 Å². The van der Waals surface area contributed by atoms with Gasteiger partial charge in [-0.3, -0.25) is 9.69 Å². The minimum Gasteiger partial charge on any atom is -0.395 e. The summed E-state index contributed by atoms with van der Waals surface area (Å²) in [6.45, 7) is 7.91. The number of carbonyl (C=O) groups is 1. The largest absolute Gasteiger partial charge is 0.395 e. The van der Waals surface area contributed by atoms with E-state index in [4.69, 9.17) is 5.11 Å². The molecular formula is C15H28N2O2. The molecule has 0 saturated carbocycles. The molecule has 1 aliphatic rings. The maximum atomic E-state index is 12.4. The molecule has 1 N–H and O–H groups in total. The first-order chi connectivity index (χ1) is 9.10. The van der Waals surface area contributed by atoms with Crippen LogP contribution in [0.3, 0.4) is 0 Å². The average Bonchev–Trinajstić information content (AvgIpc) is 2.40. The smallest absolute Gasteiger partial charge is 0.240 e.